The molecule has 82 valence electrons. The molecule has 0 aliphatic heterocycles. The normalized spacial score (nSPS) is 12.3. The van der Waals surface area contributed by atoms with Gasteiger partial charge in [0.2, 0.25) is 0 Å². The summed E-state index contributed by atoms with van der Waals surface area (Å²) in [5, 5.41) is 0.487. The summed E-state index contributed by atoms with van der Waals surface area (Å²) in [6.45, 7) is 3.88. The third kappa shape index (κ3) is 2.72. The maximum Gasteiger partial charge on any atom is 0.167 e. The smallest absolute Gasteiger partial charge is 0.167 e. The molecule has 0 saturated carbocycles. The highest BCUT2D eigenvalue weighted by Crippen LogP contribution is 2.25. The van der Waals surface area contributed by atoms with E-state index in [-0.39, 0.29) is 11.7 Å². The SMILES string of the molecule is CCC(C)C(=O)c1cc(OC)ccc1Cl. The number of benzene rings is 1. The minimum atomic E-state index is -0.00499. The molecule has 0 aliphatic carbocycles. The third-order valence-corrected chi connectivity index (χ3v) is 2.83. The summed E-state index contributed by atoms with van der Waals surface area (Å²) in [6, 6.07) is 5.13. The van der Waals surface area contributed by atoms with Gasteiger partial charge in [-0.15, -0.1) is 0 Å². The van der Waals surface area contributed by atoms with E-state index in [1.807, 2.05) is 13.8 Å². The van der Waals surface area contributed by atoms with E-state index in [9.17, 15) is 4.79 Å². The van der Waals surface area contributed by atoms with Crippen LogP contribution in [0.2, 0.25) is 5.02 Å². The number of hydrogen-bond acceptors (Lipinski definition) is 2. The zero-order valence-corrected chi connectivity index (χ0v) is 9.97. The van der Waals surface area contributed by atoms with Crippen molar-refractivity contribution in [2.45, 2.75) is 20.3 Å². The molecule has 1 aromatic rings. The van der Waals surface area contributed by atoms with Crippen molar-refractivity contribution in [3.8, 4) is 5.75 Å². The van der Waals surface area contributed by atoms with Crippen LogP contribution in [0.25, 0.3) is 0 Å². The zero-order chi connectivity index (χ0) is 11.4. The molecule has 0 bridgehead atoms. The maximum absolute atomic E-state index is 11.9. The summed E-state index contributed by atoms with van der Waals surface area (Å²) in [7, 11) is 1.57. The van der Waals surface area contributed by atoms with Crippen LogP contribution in [0.1, 0.15) is 30.6 Å². The molecule has 1 atom stereocenters. The largest absolute Gasteiger partial charge is 0.497 e. The first kappa shape index (κ1) is 12.1. The number of methoxy groups -OCH3 is 1. The van der Waals surface area contributed by atoms with Gasteiger partial charge in [-0.2, -0.15) is 0 Å². The quantitative estimate of drug-likeness (QED) is 0.734. The Morgan fingerprint density at radius 3 is 2.73 bits per heavy atom. The Kier molecular flexibility index (Phi) is 4.15. The van der Waals surface area contributed by atoms with E-state index >= 15 is 0 Å². The van der Waals surface area contributed by atoms with Gasteiger partial charge in [0.25, 0.3) is 0 Å². The van der Waals surface area contributed by atoms with Crippen LogP contribution in [0.3, 0.4) is 0 Å². The first-order chi connectivity index (χ1) is 7.10. The van der Waals surface area contributed by atoms with Gasteiger partial charge in [-0.25, -0.2) is 0 Å². The lowest BCUT2D eigenvalue weighted by Crippen LogP contribution is -2.10. The molecular formula is C12H15ClO2. The molecule has 15 heavy (non-hydrogen) atoms. The molecule has 0 N–H and O–H groups in total. The third-order valence-electron chi connectivity index (χ3n) is 2.50. The molecule has 3 heteroatoms. The number of ether oxygens (including phenoxy) is 1. The van der Waals surface area contributed by atoms with Crippen molar-refractivity contribution >= 4 is 17.4 Å². The van der Waals surface area contributed by atoms with Gasteiger partial charge in [-0.1, -0.05) is 25.4 Å². The molecule has 0 amide bonds. The zero-order valence-electron chi connectivity index (χ0n) is 9.21. The van der Waals surface area contributed by atoms with Gasteiger partial charge in [0.15, 0.2) is 5.78 Å². The maximum atomic E-state index is 11.9. The molecule has 0 aromatic heterocycles. The lowest BCUT2D eigenvalue weighted by Gasteiger charge is -2.10. The highest BCUT2D eigenvalue weighted by atomic mass is 35.5. The second-order valence-electron chi connectivity index (χ2n) is 3.52. The number of rotatable bonds is 4. The monoisotopic (exact) mass is 226 g/mol. The summed E-state index contributed by atoms with van der Waals surface area (Å²) in [5.41, 5.74) is 0.547. The molecular weight excluding hydrogens is 212 g/mol. The Morgan fingerprint density at radius 2 is 2.20 bits per heavy atom. The molecule has 2 nitrogen and oxygen atoms in total. The average Bonchev–Trinajstić information content (AvgIpc) is 2.27. The molecule has 1 rings (SSSR count). The van der Waals surface area contributed by atoms with Crippen molar-refractivity contribution in [3.05, 3.63) is 28.8 Å². The van der Waals surface area contributed by atoms with Gasteiger partial charge < -0.3 is 4.74 Å². The summed E-state index contributed by atoms with van der Waals surface area (Å²) >= 11 is 5.97. The van der Waals surface area contributed by atoms with Gasteiger partial charge in [0.1, 0.15) is 5.75 Å². The van der Waals surface area contributed by atoms with Crippen LogP contribution in [0.4, 0.5) is 0 Å². The van der Waals surface area contributed by atoms with Crippen molar-refractivity contribution < 1.29 is 9.53 Å². The first-order valence-corrected chi connectivity index (χ1v) is 5.35. The highest BCUT2D eigenvalue weighted by Gasteiger charge is 2.16. The van der Waals surface area contributed by atoms with Crippen LogP contribution >= 0.6 is 11.6 Å². The molecule has 0 spiro atoms. The summed E-state index contributed by atoms with van der Waals surface area (Å²) in [4.78, 5) is 11.9. The second kappa shape index (κ2) is 5.17. The van der Waals surface area contributed by atoms with E-state index < -0.39 is 0 Å². The predicted molar refractivity (Wildman–Crippen MR) is 61.8 cm³/mol. The fourth-order valence-electron chi connectivity index (χ4n) is 1.27. The molecule has 0 aliphatic rings. The number of ketones is 1. The van der Waals surface area contributed by atoms with Crippen LogP contribution < -0.4 is 4.74 Å². The van der Waals surface area contributed by atoms with E-state index in [1.54, 1.807) is 25.3 Å². The molecule has 0 saturated heterocycles. The van der Waals surface area contributed by atoms with Crippen LogP contribution in [-0.4, -0.2) is 12.9 Å². The number of carbonyl (C=O) groups is 1. The Morgan fingerprint density at radius 1 is 1.53 bits per heavy atom. The van der Waals surface area contributed by atoms with Gasteiger partial charge in [-0.3, -0.25) is 4.79 Å². The van der Waals surface area contributed by atoms with Crippen molar-refractivity contribution in [1.82, 2.24) is 0 Å². The number of Topliss-reactive ketones (excluding diaryl/α,β-unsaturated/α-hetero) is 1. The molecule has 0 heterocycles. The Hall–Kier alpha value is -1.02. The second-order valence-corrected chi connectivity index (χ2v) is 3.93. The van der Waals surface area contributed by atoms with E-state index in [0.29, 0.717) is 16.3 Å². The highest BCUT2D eigenvalue weighted by molar-refractivity contribution is 6.34. The summed E-state index contributed by atoms with van der Waals surface area (Å²) in [5.74, 6) is 0.724. The lowest BCUT2D eigenvalue weighted by molar-refractivity contribution is 0.0927. The molecule has 1 aromatic carbocycles. The van der Waals surface area contributed by atoms with Crippen LogP contribution in [-0.2, 0) is 0 Å². The minimum absolute atomic E-state index is 0.00499. The Bertz CT molecular complexity index is 361. The Labute approximate surface area is 95.2 Å². The van der Waals surface area contributed by atoms with E-state index in [0.717, 1.165) is 6.42 Å². The predicted octanol–water partition coefficient (Wildman–Crippen LogP) is 3.58. The number of halogens is 1. The molecule has 1 unspecified atom stereocenters. The average molecular weight is 227 g/mol. The molecule has 0 fully saturated rings. The summed E-state index contributed by atoms with van der Waals surface area (Å²) in [6.07, 6.45) is 0.812. The Balaban J connectivity index is 3.07. The van der Waals surface area contributed by atoms with Crippen molar-refractivity contribution in [3.63, 3.8) is 0 Å². The van der Waals surface area contributed by atoms with Crippen LogP contribution in [0, 0.1) is 5.92 Å². The van der Waals surface area contributed by atoms with Crippen molar-refractivity contribution in [2.24, 2.45) is 5.92 Å². The first-order valence-electron chi connectivity index (χ1n) is 4.97. The van der Waals surface area contributed by atoms with Crippen molar-refractivity contribution in [2.75, 3.05) is 7.11 Å². The fraction of sp³-hybridized carbons (Fsp3) is 0.417. The van der Waals surface area contributed by atoms with Crippen LogP contribution in [0.15, 0.2) is 18.2 Å². The fourth-order valence-corrected chi connectivity index (χ4v) is 1.48. The van der Waals surface area contributed by atoms with E-state index in [1.165, 1.54) is 0 Å². The standard InChI is InChI=1S/C12H15ClO2/c1-4-8(2)12(14)10-7-9(15-3)5-6-11(10)13/h5-8H,4H2,1-3H3. The van der Waals surface area contributed by atoms with E-state index in [4.69, 9.17) is 16.3 Å². The van der Waals surface area contributed by atoms with Crippen molar-refractivity contribution in [1.29, 1.82) is 0 Å². The topological polar surface area (TPSA) is 26.3 Å². The lowest BCUT2D eigenvalue weighted by atomic mass is 9.97. The number of carbonyl (C=O) groups excluding carboxylic acids is 1. The number of hydrogen-bond donors (Lipinski definition) is 0. The van der Waals surface area contributed by atoms with E-state index in [2.05, 4.69) is 0 Å². The summed E-state index contributed by atoms with van der Waals surface area (Å²) < 4.78 is 5.06. The minimum Gasteiger partial charge on any atom is -0.497 e. The van der Waals surface area contributed by atoms with Gasteiger partial charge >= 0.3 is 0 Å². The molecule has 0 radical (unpaired) electrons. The van der Waals surface area contributed by atoms with Crippen LogP contribution in [0.5, 0.6) is 5.75 Å². The van der Waals surface area contributed by atoms with Gasteiger partial charge in [-0.05, 0) is 24.6 Å². The van der Waals surface area contributed by atoms with Gasteiger partial charge in [0.05, 0.1) is 12.1 Å². The van der Waals surface area contributed by atoms with Gasteiger partial charge in [0, 0.05) is 11.5 Å².